The van der Waals surface area contributed by atoms with Crippen molar-refractivity contribution in [3.05, 3.63) is 23.9 Å². The monoisotopic (exact) mass is 208 g/mol. The van der Waals surface area contributed by atoms with Crippen molar-refractivity contribution in [3.63, 3.8) is 0 Å². The Morgan fingerprint density at radius 1 is 1.43 bits per heavy atom. The van der Waals surface area contributed by atoms with Gasteiger partial charge in [-0.3, -0.25) is 14.6 Å². The van der Waals surface area contributed by atoms with Crippen LogP contribution in [0.1, 0.15) is 0 Å². The summed E-state index contributed by atoms with van der Waals surface area (Å²) in [6, 6.07) is -0.634. The molecule has 1 fully saturated rings. The second-order valence-corrected chi connectivity index (χ2v) is 3.55. The van der Waals surface area contributed by atoms with Crippen LogP contribution in [0.15, 0.2) is 28.9 Å². The number of rotatable bonds is 1. The molecule has 0 aromatic carbocycles. The summed E-state index contributed by atoms with van der Waals surface area (Å²) in [5, 5.41) is 0. The molecule has 0 radical (unpaired) electrons. The van der Waals surface area contributed by atoms with Gasteiger partial charge in [0.2, 0.25) is 0 Å². The lowest BCUT2D eigenvalue weighted by molar-refractivity contribution is -0.137. The molecular formula is C9H8N2O2S. The number of fused-ring (bicyclic) bond motifs is 1. The molecule has 1 unspecified atom stereocenters. The summed E-state index contributed by atoms with van der Waals surface area (Å²) in [4.78, 5) is 26.9. The van der Waals surface area contributed by atoms with E-state index in [9.17, 15) is 9.59 Å². The molecule has 0 aliphatic carbocycles. The van der Waals surface area contributed by atoms with Crippen molar-refractivity contribution in [1.29, 1.82) is 0 Å². The van der Waals surface area contributed by atoms with Crippen LogP contribution >= 0.6 is 11.9 Å². The third-order valence-corrected chi connectivity index (χ3v) is 2.78. The van der Waals surface area contributed by atoms with E-state index in [1.54, 1.807) is 30.7 Å². The number of carbonyl (C=O) groups excluding carboxylic acids is 2. The van der Waals surface area contributed by atoms with Crippen LogP contribution in [0.25, 0.3) is 0 Å². The number of amides is 1. The van der Waals surface area contributed by atoms with Gasteiger partial charge in [0.25, 0.3) is 5.78 Å². The van der Waals surface area contributed by atoms with Gasteiger partial charge in [0.1, 0.15) is 0 Å². The van der Waals surface area contributed by atoms with Crippen molar-refractivity contribution < 1.29 is 9.59 Å². The van der Waals surface area contributed by atoms with Gasteiger partial charge in [0.05, 0.1) is 5.70 Å². The fraction of sp³-hybridized carbons (Fsp3) is 0.222. The van der Waals surface area contributed by atoms with E-state index in [4.69, 9.17) is 0 Å². The molecule has 0 spiro atoms. The fourth-order valence-corrected chi connectivity index (χ4v) is 2.04. The number of hydrogen-bond acceptors (Lipinski definition) is 4. The Hall–Kier alpha value is -1.36. The van der Waals surface area contributed by atoms with Crippen LogP contribution in [-0.4, -0.2) is 34.5 Å². The molecule has 2 rings (SSSR count). The highest BCUT2D eigenvalue weighted by atomic mass is 32.2. The summed E-state index contributed by atoms with van der Waals surface area (Å²) < 4.78 is 1.39. The van der Waals surface area contributed by atoms with Crippen LogP contribution in [0.4, 0.5) is 0 Å². The van der Waals surface area contributed by atoms with Crippen LogP contribution < -0.4 is 0 Å². The Labute approximate surface area is 85.5 Å². The molecule has 1 atom stereocenters. The molecule has 2 aliphatic rings. The van der Waals surface area contributed by atoms with E-state index in [0.717, 1.165) is 0 Å². The molecule has 72 valence electrons. The highest BCUT2D eigenvalue weighted by molar-refractivity contribution is 7.97. The molecule has 14 heavy (non-hydrogen) atoms. The Morgan fingerprint density at radius 3 is 2.93 bits per heavy atom. The first-order chi connectivity index (χ1) is 6.75. The molecule has 0 saturated carbocycles. The minimum atomic E-state index is -0.634. The first-order valence-corrected chi connectivity index (χ1v) is 5.26. The molecule has 0 aromatic heterocycles. The van der Waals surface area contributed by atoms with E-state index < -0.39 is 17.7 Å². The quantitative estimate of drug-likeness (QED) is 0.467. The number of ketones is 1. The number of aliphatic imine (C=N–C) groups is 1. The van der Waals surface area contributed by atoms with Crippen molar-refractivity contribution in [2.24, 2.45) is 4.99 Å². The second-order valence-electron chi connectivity index (χ2n) is 2.82. The average Bonchev–Trinajstić information content (AvgIpc) is 2.40. The zero-order valence-corrected chi connectivity index (χ0v) is 8.32. The van der Waals surface area contributed by atoms with E-state index in [0.29, 0.717) is 5.70 Å². The van der Waals surface area contributed by atoms with Crippen LogP contribution in [0.2, 0.25) is 0 Å². The Kier molecular flexibility index (Phi) is 2.25. The zero-order valence-electron chi connectivity index (χ0n) is 7.51. The van der Waals surface area contributed by atoms with Crippen molar-refractivity contribution in [2.45, 2.75) is 6.04 Å². The molecule has 5 heteroatoms. The predicted molar refractivity (Wildman–Crippen MR) is 54.9 cm³/mol. The SMILES string of the molecule is CSN1C(=O)C(=O)C2N=CC=CC=C21. The fourth-order valence-electron chi connectivity index (χ4n) is 1.41. The Balaban J connectivity index is 2.46. The van der Waals surface area contributed by atoms with Crippen molar-refractivity contribution >= 4 is 29.9 Å². The maximum atomic E-state index is 11.5. The first-order valence-electron chi connectivity index (χ1n) is 4.08. The summed E-state index contributed by atoms with van der Waals surface area (Å²) in [6.07, 6.45) is 8.56. The van der Waals surface area contributed by atoms with Crippen LogP contribution in [-0.2, 0) is 9.59 Å². The number of hydrogen-bond donors (Lipinski definition) is 0. The van der Waals surface area contributed by atoms with Gasteiger partial charge in [-0.25, -0.2) is 4.31 Å². The van der Waals surface area contributed by atoms with Gasteiger partial charge in [-0.15, -0.1) is 0 Å². The molecule has 0 aromatic rings. The minimum Gasteiger partial charge on any atom is -0.286 e. The van der Waals surface area contributed by atoms with Crippen molar-refractivity contribution in [1.82, 2.24) is 4.31 Å². The second kappa shape index (κ2) is 3.42. The highest BCUT2D eigenvalue weighted by Gasteiger charge is 2.43. The van der Waals surface area contributed by atoms with Gasteiger partial charge in [0, 0.05) is 12.5 Å². The lowest BCUT2D eigenvalue weighted by Gasteiger charge is -2.12. The average molecular weight is 208 g/mol. The van der Waals surface area contributed by atoms with E-state index >= 15 is 0 Å². The summed E-state index contributed by atoms with van der Waals surface area (Å²) in [7, 11) is 0. The first kappa shape index (κ1) is 9.21. The zero-order chi connectivity index (χ0) is 10.1. The third-order valence-electron chi connectivity index (χ3n) is 2.04. The molecule has 0 N–H and O–H groups in total. The van der Waals surface area contributed by atoms with Gasteiger partial charge in [-0.2, -0.15) is 0 Å². The Bertz CT molecular complexity index is 384. The molecule has 1 amide bonds. The topological polar surface area (TPSA) is 49.7 Å². The van der Waals surface area contributed by atoms with Crippen LogP contribution in [0.3, 0.4) is 0 Å². The van der Waals surface area contributed by atoms with Gasteiger partial charge >= 0.3 is 5.91 Å². The van der Waals surface area contributed by atoms with Gasteiger partial charge in [0.15, 0.2) is 6.04 Å². The van der Waals surface area contributed by atoms with Gasteiger partial charge < -0.3 is 0 Å². The van der Waals surface area contributed by atoms with Crippen molar-refractivity contribution in [3.8, 4) is 0 Å². The van der Waals surface area contributed by atoms with Gasteiger partial charge in [-0.05, 0) is 24.1 Å². The molecule has 2 heterocycles. The molecule has 0 bridgehead atoms. The predicted octanol–water partition coefficient (Wildman–Crippen LogP) is 0.569. The summed E-state index contributed by atoms with van der Waals surface area (Å²) in [5.41, 5.74) is 0.650. The maximum absolute atomic E-state index is 11.5. The molecule has 2 aliphatic heterocycles. The molecule has 1 saturated heterocycles. The maximum Gasteiger partial charge on any atom is 0.306 e. The highest BCUT2D eigenvalue weighted by Crippen LogP contribution is 2.29. The number of carbonyl (C=O) groups is 2. The lowest BCUT2D eigenvalue weighted by atomic mass is 10.2. The van der Waals surface area contributed by atoms with E-state index in [1.807, 2.05) is 0 Å². The smallest absolute Gasteiger partial charge is 0.286 e. The third kappa shape index (κ3) is 1.21. The van der Waals surface area contributed by atoms with E-state index in [-0.39, 0.29) is 0 Å². The summed E-state index contributed by atoms with van der Waals surface area (Å²) in [5.74, 6) is -0.938. The summed E-state index contributed by atoms with van der Waals surface area (Å²) >= 11 is 1.23. The largest absolute Gasteiger partial charge is 0.306 e. The Morgan fingerprint density at radius 2 is 2.21 bits per heavy atom. The van der Waals surface area contributed by atoms with E-state index in [2.05, 4.69) is 4.99 Å². The van der Waals surface area contributed by atoms with Crippen LogP contribution in [0.5, 0.6) is 0 Å². The lowest BCUT2D eigenvalue weighted by Crippen LogP contribution is -2.20. The standard InChI is InChI=1S/C9H8N2O2S/c1-14-11-6-4-2-3-5-10-7(6)8(12)9(11)13/h2-5,7H,1H3. The van der Waals surface area contributed by atoms with Crippen LogP contribution in [0, 0.1) is 0 Å². The summed E-state index contributed by atoms with van der Waals surface area (Å²) in [6.45, 7) is 0. The normalized spacial score (nSPS) is 25.1. The minimum absolute atomic E-state index is 0.453. The molecular weight excluding hydrogens is 200 g/mol. The van der Waals surface area contributed by atoms with E-state index in [1.165, 1.54) is 16.3 Å². The number of allylic oxidation sites excluding steroid dienone is 3. The number of nitrogens with zero attached hydrogens (tertiary/aromatic N) is 2. The van der Waals surface area contributed by atoms with Crippen molar-refractivity contribution in [2.75, 3.05) is 6.26 Å². The molecule has 4 nitrogen and oxygen atoms in total. The van der Waals surface area contributed by atoms with Gasteiger partial charge in [-0.1, -0.05) is 6.08 Å². The number of Topliss-reactive ketones (excluding diaryl/α,β-unsaturated/α-hetero) is 1.